The van der Waals surface area contributed by atoms with Crippen LogP contribution in [0.3, 0.4) is 0 Å². The molecule has 68 valence electrons. The monoisotopic (exact) mass is 275 g/mol. The zero-order valence-electron chi connectivity index (χ0n) is 6.28. The third kappa shape index (κ3) is 4.91. The van der Waals surface area contributed by atoms with E-state index < -0.39 is 0 Å². The van der Waals surface area contributed by atoms with Gasteiger partial charge in [-0.05, 0) is 0 Å². The lowest BCUT2D eigenvalue weighted by atomic mass is 10.4. The Hall–Kier alpha value is 0.570. The molecule has 0 aliphatic heterocycles. The second-order valence-corrected chi connectivity index (χ2v) is 3.54. The van der Waals surface area contributed by atoms with Crippen molar-refractivity contribution in [2.24, 2.45) is 0 Å². The molecule has 0 aromatic carbocycles. The Balaban J connectivity index is 3.66. The molecule has 11 heavy (non-hydrogen) atoms. The molecule has 0 amide bonds. The fourth-order valence-electron chi connectivity index (χ4n) is 0.764. The Kier molecular flexibility index (Phi) is 7.61. The van der Waals surface area contributed by atoms with Gasteiger partial charge in [0.25, 0.3) is 0 Å². The van der Waals surface area contributed by atoms with Gasteiger partial charge in [0, 0.05) is 13.1 Å². The van der Waals surface area contributed by atoms with Crippen LogP contribution in [0, 0.1) is 0 Å². The van der Waals surface area contributed by atoms with Crippen molar-refractivity contribution in [1.29, 1.82) is 0 Å². The summed E-state index contributed by atoms with van der Waals surface area (Å²) in [5, 5.41) is 25.9. The lowest BCUT2D eigenvalue weighted by molar-refractivity contribution is 0.128. The van der Waals surface area contributed by atoms with Crippen LogP contribution in [0.5, 0.6) is 0 Å². The Morgan fingerprint density at radius 1 is 1.09 bits per heavy atom. The number of nitrogens with zero attached hydrogens (tertiary/aromatic N) is 1. The number of halogens is 1. The van der Waals surface area contributed by atoms with Crippen molar-refractivity contribution in [1.82, 2.24) is 4.90 Å². The molecule has 0 aliphatic carbocycles. The molecule has 0 saturated carbocycles. The first-order valence-corrected chi connectivity index (χ1v) is 4.71. The molecule has 0 aliphatic rings. The smallest absolute Gasteiger partial charge is 0.0854 e. The van der Waals surface area contributed by atoms with Crippen LogP contribution in [-0.2, 0) is 0 Å². The minimum absolute atomic E-state index is 0.0214. The van der Waals surface area contributed by atoms with Crippen LogP contribution in [0.2, 0.25) is 0 Å². The molecule has 3 N–H and O–H groups in total. The quantitative estimate of drug-likeness (QED) is 0.331. The van der Waals surface area contributed by atoms with Crippen LogP contribution in [0.15, 0.2) is 0 Å². The van der Waals surface area contributed by atoms with Crippen LogP contribution in [0.4, 0.5) is 0 Å². The molecule has 0 rings (SSSR count). The Morgan fingerprint density at radius 3 is 1.82 bits per heavy atom. The molecule has 0 saturated heterocycles. The number of hydrogen-bond acceptors (Lipinski definition) is 4. The van der Waals surface area contributed by atoms with E-state index in [1.165, 1.54) is 0 Å². The van der Waals surface area contributed by atoms with E-state index in [1.54, 1.807) is 0 Å². The summed E-state index contributed by atoms with van der Waals surface area (Å²) in [6.07, 6.45) is 0. The molecule has 1 atom stereocenters. The first kappa shape index (κ1) is 11.6. The molecule has 0 bridgehead atoms. The van der Waals surface area contributed by atoms with E-state index in [0.29, 0.717) is 13.1 Å². The predicted octanol–water partition coefficient (Wildman–Crippen LogP) is -0.974. The van der Waals surface area contributed by atoms with Crippen molar-refractivity contribution in [2.45, 2.75) is 4.05 Å². The zero-order valence-corrected chi connectivity index (χ0v) is 8.44. The second kappa shape index (κ2) is 7.23. The van der Waals surface area contributed by atoms with Crippen LogP contribution in [0.25, 0.3) is 0 Å². The van der Waals surface area contributed by atoms with Gasteiger partial charge in [0.05, 0.1) is 23.9 Å². The molecule has 0 fully saturated rings. The average molecular weight is 275 g/mol. The van der Waals surface area contributed by atoms with Crippen LogP contribution >= 0.6 is 22.6 Å². The van der Waals surface area contributed by atoms with Crippen LogP contribution in [0.1, 0.15) is 0 Å². The summed E-state index contributed by atoms with van der Waals surface area (Å²) in [4.78, 5) is 1.82. The maximum Gasteiger partial charge on any atom is 0.0854 e. The average Bonchev–Trinajstić information content (AvgIpc) is 2.03. The van der Waals surface area contributed by atoms with Gasteiger partial charge in [-0.1, -0.05) is 22.6 Å². The summed E-state index contributed by atoms with van der Waals surface area (Å²) in [6, 6.07) is 0. The van der Waals surface area contributed by atoms with E-state index in [-0.39, 0.29) is 23.9 Å². The topological polar surface area (TPSA) is 63.9 Å². The second-order valence-electron chi connectivity index (χ2n) is 2.10. The number of alkyl halides is 1. The molecular formula is C6H14INO3. The number of hydrogen-bond donors (Lipinski definition) is 3. The molecule has 0 spiro atoms. The normalized spacial score (nSPS) is 13.9. The van der Waals surface area contributed by atoms with Crippen molar-refractivity contribution < 1.29 is 15.3 Å². The standard InChI is InChI=1S/C6H14INO3/c7-6(5-11)8(1-3-9)2-4-10/h6,9-11H,1-5H2. The molecule has 5 heteroatoms. The van der Waals surface area contributed by atoms with Gasteiger partial charge in [0.2, 0.25) is 0 Å². The van der Waals surface area contributed by atoms with Gasteiger partial charge in [-0.2, -0.15) is 0 Å². The molecule has 0 aromatic rings. The van der Waals surface area contributed by atoms with Gasteiger partial charge in [-0.15, -0.1) is 0 Å². The SMILES string of the molecule is OCCN(CCO)C(I)CO. The summed E-state index contributed by atoms with van der Waals surface area (Å²) in [7, 11) is 0. The fourth-order valence-corrected chi connectivity index (χ4v) is 1.32. The highest BCUT2D eigenvalue weighted by Crippen LogP contribution is 2.05. The largest absolute Gasteiger partial charge is 0.395 e. The highest BCUT2D eigenvalue weighted by atomic mass is 127. The van der Waals surface area contributed by atoms with Crippen molar-refractivity contribution >= 4 is 22.6 Å². The van der Waals surface area contributed by atoms with E-state index in [1.807, 2.05) is 4.90 Å². The molecule has 0 heterocycles. The summed E-state index contributed by atoms with van der Waals surface area (Å²) in [5.41, 5.74) is 0. The summed E-state index contributed by atoms with van der Waals surface area (Å²) in [6.45, 7) is 1.14. The van der Waals surface area contributed by atoms with E-state index in [9.17, 15) is 0 Å². The summed E-state index contributed by atoms with van der Waals surface area (Å²) in [5.74, 6) is 0. The highest BCUT2D eigenvalue weighted by molar-refractivity contribution is 14.1. The Morgan fingerprint density at radius 2 is 1.55 bits per heavy atom. The molecule has 4 nitrogen and oxygen atoms in total. The fraction of sp³-hybridized carbons (Fsp3) is 1.00. The summed E-state index contributed by atoms with van der Waals surface area (Å²) >= 11 is 2.07. The Labute approximate surface area is 80.0 Å². The van der Waals surface area contributed by atoms with Crippen molar-refractivity contribution in [3.05, 3.63) is 0 Å². The number of rotatable bonds is 6. The van der Waals surface area contributed by atoms with E-state index in [2.05, 4.69) is 22.6 Å². The zero-order chi connectivity index (χ0) is 8.69. The maximum atomic E-state index is 8.75. The maximum absolute atomic E-state index is 8.75. The van der Waals surface area contributed by atoms with Gasteiger partial charge in [-0.25, -0.2) is 0 Å². The van der Waals surface area contributed by atoms with Crippen molar-refractivity contribution in [2.75, 3.05) is 32.9 Å². The van der Waals surface area contributed by atoms with Gasteiger partial charge >= 0.3 is 0 Å². The van der Waals surface area contributed by atoms with Gasteiger partial charge < -0.3 is 15.3 Å². The lowest BCUT2D eigenvalue weighted by Crippen LogP contribution is -2.37. The first-order valence-electron chi connectivity index (χ1n) is 3.47. The van der Waals surface area contributed by atoms with Crippen LogP contribution < -0.4 is 0 Å². The molecule has 0 radical (unpaired) electrons. The van der Waals surface area contributed by atoms with Gasteiger partial charge in [0.1, 0.15) is 0 Å². The minimum Gasteiger partial charge on any atom is -0.395 e. The highest BCUT2D eigenvalue weighted by Gasteiger charge is 2.12. The van der Waals surface area contributed by atoms with Crippen LogP contribution in [-0.4, -0.2) is 57.2 Å². The molecule has 1 unspecified atom stereocenters. The minimum atomic E-state index is -0.0214. The lowest BCUT2D eigenvalue weighted by Gasteiger charge is -2.24. The van der Waals surface area contributed by atoms with Gasteiger partial charge in [-0.3, -0.25) is 4.90 Å². The molecule has 0 aromatic heterocycles. The molecular weight excluding hydrogens is 261 g/mol. The van der Waals surface area contributed by atoms with Crippen molar-refractivity contribution in [3.8, 4) is 0 Å². The first-order chi connectivity index (χ1) is 5.26. The Bertz CT molecular complexity index is 87.9. The third-order valence-electron chi connectivity index (χ3n) is 1.32. The number of aliphatic hydroxyl groups is 3. The summed E-state index contributed by atoms with van der Waals surface area (Å²) < 4.78 is -0.0214. The van der Waals surface area contributed by atoms with Gasteiger partial charge in [0.15, 0.2) is 0 Å². The number of aliphatic hydroxyl groups excluding tert-OH is 3. The van der Waals surface area contributed by atoms with E-state index in [0.717, 1.165) is 0 Å². The van der Waals surface area contributed by atoms with E-state index >= 15 is 0 Å². The van der Waals surface area contributed by atoms with E-state index in [4.69, 9.17) is 15.3 Å². The van der Waals surface area contributed by atoms with Crippen molar-refractivity contribution in [3.63, 3.8) is 0 Å². The predicted molar refractivity (Wildman–Crippen MR) is 50.6 cm³/mol. The third-order valence-corrected chi connectivity index (χ3v) is 2.50.